The lowest BCUT2D eigenvalue weighted by atomic mass is 10.0. The highest BCUT2D eigenvalue weighted by Gasteiger charge is 2.15. The Kier molecular flexibility index (Phi) is 7.40. The van der Waals surface area contributed by atoms with Gasteiger partial charge >= 0.3 is 0 Å². The van der Waals surface area contributed by atoms with E-state index in [-0.39, 0.29) is 17.1 Å². The van der Waals surface area contributed by atoms with Gasteiger partial charge < -0.3 is 5.32 Å². The summed E-state index contributed by atoms with van der Waals surface area (Å²) in [6.07, 6.45) is 0. The molecule has 3 aromatic rings. The topological polar surface area (TPSA) is 70.6 Å². The molecule has 0 aliphatic carbocycles. The van der Waals surface area contributed by atoms with Crippen LogP contribution in [-0.2, 0) is 9.59 Å². The molecule has 0 heterocycles. The number of amides is 2. The van der Waals surface area contributed by atoms with E-state index in [9.17, 15) is 9.59 Å². The highest BCUT2D eigenvalue weighted by atomic mass is 32.2. The third-order valence-electron chi connectivity index (χ3n) is 4.23. The molecule has 0 fully saturated rings. The summed E-state index contributed by atoms with van der Waals surface area (Å²) < 4.78 is 0. The van der Waals surface area contributed by atoms with Crippen LogP contribution in [0.1, 0.15) is 25.0 Å². The van der Waals surface area contributed by atoms with Crippen molar-refractivity contribution in [1.29, 1.82) is 0 Å². The maximum Gasteiger partial charge on any atom is 0.253 e. The molecule has 5 nitrogen and oxygen atoms in total. The van der Waals surface area contributed by atoms with E-state index in [0.717, 1.165) is 21.7 Å². The third-order valence-corrected chi connectivity index (χ3v) is 5.34. The van der Waals surface area contributed by atoms with Gasteiger partial charge in [-0.1, -0.05) is 60.7 Å². The average molecular weight is 418 g/mol. The summed E-state index contributed by atoms with van der Waals surface area (Å²) in [4.78, 5) is 24.7. The SMILES string of the molecule is CC(=O)Nc1ccc(SC(C)C(=O)NN=C(c2ccccc2)c2ccccc2)cc1. The Bertz CT molecular complexity index is 978. The quantitative estimate of drug-likeness (QED) is 0.333. The molecule has 0 spiro atoms. The van der Waals surface area contributed by atoms with Crippen LogP contribution in [0.25, 0.3) is 0 Å². The lowest BCUT2D eigenvalue weighted by molar-refractivity contribution is -0.120. The van der Waals surface area contributed by atoms with Crippen molar-refractivity contribution in [2.45, 2.75) is 24.0 Å². The van der Waals surface area contributed by atoms with Crippen LogP contribution in [0, 0.1) is 0 Å². The van der Waals surface area contributed by atoms with Gasteiger partial charge in [0.1, 0.15) is 0 Å². The molecular formula is C24H23N3O2S. The number of hydrazone groups is 1. The van der Waals surface area contributed by atoms with Gasteiger partial charge in [-0.15, -0.1) is 11.8 Å². The van der Waals surface area contributed by atoms with Gasteiger partial charge in [0.2, 0.25) is 5.91 Å². The van der Waals surface area contributed by atoms with Crippen LogP contribution in [0.5, 0.6) is 0 Å². The van der Waals surface area contributed by atoms with Gasteiger partial charge in [0.15, 0.2) is 0 Å². The minimum absolute atomic E-state index is 0.117. The summed E-state index contributed by atoms with van der Waals surface area (Å²) in [5.41, 5.74) is 6.00. The summed E-state index contributed by atoms with van der Waals surface area (Å²) >= 11 is 1.43. The Hall–Kier alpha value is -3.38. The molecule has 3 rings (SSSR count). The molecule has 3 aromatic carbocycles. The molecule has 152 valence electrons. The molecule has 1 atom stereocenters. The maximum atomic E-state index is 12.6. The van der Waals surface area contributed by atoms with Gasteiger partial charge in [-0.3, -0.25) is 9.59 Å². The Morgan fingerprint density at radius 1 is 0.833 bits per heavy atom. The predicted octanol–water partition coefficient (Wildman–Crippen LogP) is 4.69. The summed E-state index contributed by atoms with van der Waals surface area (Å²) in [6.45, 7) is 3.30. The normalized spacial score (nSPS) is 11.3. The zero-order valence-electron chi connectivity index (χ0n) is 16.8. The molecule has 0 aromatic heterocycles. The van der Waals surface area contributed by atoms with Crippen molar-refractivity contribution >= 4 is 35.0 Å². The molecule has 1 unspecified atom stereocenters. The smallest absolute Gasteiger partial charge is 0.253 e. The van der Waals surface area contributed by atoms with E-state index in [2.05, 4.69) is 15.8 Å². The second-order valence-electron chi connectivity index (χ2n) is 6.63. The summed E-state index contributed by atoms with van der Waals surface area (Å²) in [6, 6.07) is 26.9. The number of hydrogen-bond acceptors (Lipinski definition) is 4. The second-order valence-corrected chi connectivity index (χ2v) is 8.05. The van der Waals surface area contributed by atoms with Crippen LogP contribution < -0.4 is 10.7 Å². The lowest BCUT2D eigenvalue weighted by Gasteiger charge is -2.12. The predicted molar refractivity (Wildman–Crippen MR) is 123 cm³/mol. The van der Waals surface area contributed by atoms with Crippen LogP contribution >= 0.6 is 11.8 Å². The number of hydrogen-bond donors (Lipinski definition) is 2. The van der Waals surface area contributed by atoms with Crippen LogP contribution in [0.15, 0.2) is 94.9 Å². The fraction of sp³-hybridized carbons (Fsp3) is 0.125. The van der Waals surface area contributed by atoms with Crippen molar-refractivity contribution in [1.82, 2.24) is 5.43 Å². The molecule has 2 amide bonds. The van der Waals surface area contributed by atoms with E-state index >= 15 is 0 Å². The van der Waals surface area contributed by atoms with Crippen molar-refractivity contribution in [3.63, 3.8) is 0 Å². The van der Waals surface area contributed by atoms with Crippen LogP contribution in [-0.4, -0.2) is 22.8 Å². The molecule has 2 N–H and O–H groups in total. The lowest BCUT2D eigenvalue weighted by Crippen LogP contribution is -2.28. The Balaban J connectivity index is 1.69. The minimum atomic E-state index is -0.340. The maximum absolute atomic E-state index is 12.6. The monoisotopic (exact) mass is 417 g/mol. The number of rotatable bonds is 7. The van der Waals surface area contributed by atoms with Crippen LogP contribution in [0.2, 0.25) is 0 Å². The molecule has 0 saturated carbocycles. The third kappa shape index (κ3) is 6.06. The van der Waals surface area contributed by atoms with Gasteiger partial charge in [0.25, 0.3) is 5.91 Å². The first kappa shape index (κ1) is 21.3. The largest absolute Gasteiger partial charge is 0.326 e. The van der Waals surface area contributed by atoms with Gasteiger partial charge in [0, 0.05) is 28.6 Å². The van der Waals surface area contributed by atoms with Crippen LogP contribution in [0.3, 0.4) is 0 Å². The van der Waals surface area contributed by atoms with E-state index in [1.165, 1.54) is 18.7 Å². The van der Waals surface area contributed by atoms with Crippen molar-refractivity contribution in [3.05, 3.63) is 96.1 Å². The van der Waals surface area contributed by atoms with Gasteiger partial charge in [-0.2, -0.15) is 5.10 Å². The van der Waals surface area contributed by atoms with E-state index in [1.54, 1.807) is 0 Å². The van der Waals surface area contributed by atoms with E-state index in [4.69, 9.17) is 0 Å². The van der Waals surface area contributed by atoms with Crippen molar-refractivity contribution in [2.75, 3.05) is 5.32 Å². The highest BCUT2D eigenvalue weighted by Crippen LogP contribution is 2.25. The van der Waals surface area contributed by atoms with E-state index in [1.807, 2.05) is 91.9 Å². The number of nitrogens with one attached hydrogen (secondary N) is 2. The van der Waals surface area contributed by atoms with E-state index in [0.29, 0.717) is 5.71 Å². The summed E-state index contributed by atoms with van der Waals surface area (Å²) in [7, 11) is 0. The molecule has 6 heteroatoms. The second kappa shape index (κ2) is 10.4. The van der Waals surface area contributed by atoms with Crippen molar-refractivity contribution in [3.8, 4) is 0 Å². The van der Waals surface area contributed by atoms with Crippen molar-refractivity contribution < 1.29 is 9.59 Å². The molecular weight excluding hydrogens is 394 g/mol. The fourth-order valence-electron chi connectivity index (χ4n) is 2.77. The Morgan fingerprint density at radius 3 is 1.87 bits per heavy atom. The van der Waals surface area contributed by atoms with Crippen molar-refractivity contribution in [2.24, 2.45) is 5.10 Å². The molecule has 30 heavy (non-hydrogen) atoms. The van der Waals surface area contributed by atoms with Gasteiger partial charge in [0.05, 0.1) is 11.0 Å². The number of carbonyl (C=O) groups excluding carboxylic acids is 2. The first-order chi connectivity index (χ1) is 14.5. The van der Waals surface area contributed by atoms with E-state index < -0.39 is 0 Å². The summed E-state index contributed by atoms with van der Waals surface area (Å²) in [5.74, 6) is -0.302. The molecule has 0 bridgehead atoms. The number of carbonyl (C=O) groups is 2. The first-order valence-corrected chi connectivity index (χ1v) is 10.4. The minimum Gasteiger partial charge on any atom is -0.326 e. The average Bonchev–Trinajstić information content (AvgIpc) is 2.76. The summed E-state index contributed by atoms with van der Waals surface area (Å²) in [5, 5.41) is 6.82. The molecule has 0 radical (unpaired) electrons. The zero-order chi connectivity index (χ0) is 21.3. The van der Waals surface area contributed by atoms with Gasteiger partial charge in [-0.05, 0) is 31.2 Å². The highest BCUT2D eigenvalue weighted by molar-refractivity contribution is 8.00. The molecule has 0 aliphatic rings. The number of anilines is 1. The standard InChI is InChI=1S/C24H23N3O2S/c1-17(30-22-15-13-21(14-16-22)25-18(2)28)24(29)27-26-23(19-9-5-3-6-10-19)20-11-7-4-8-12-20/h3-17H,1-2H3,(H,25,28)(H,27,29). The Morgan fingerprint density at radius 2 is 1.37 bits per heavy atom. The molecule has 0 aliphatic heterocycles. The molecule has 0 saturated heterocycles. The zero-order valence-corrected chi connectivity index (χ0v) is 17.6. The number of benzene rings is 3. The number of thioether (sulfide) groups is 1. The van der Waals surface area contributed by atoms with Gasteiger partial charge in [-0.25, -0.2) is 5.43 Å². The fourth-order valence-corrected chi connectivity index (χ4v) is 3.63. The van der Waals surface area contributed by atoms with Crippen LogP contribution in [0.4, 0.5) is 5.69 Å². The Labute approximate surface area is 180 Å². The number of nitrogens with zero attached hydrogens (tertiary/aromatic N) is 1. The first-order valence-electron chi connectivity index (χ1n) is 9.55.